The molecule has 2 heterocycles. The molecule has 0 saturated carbocycles. The molecule has 0 atom stereocenters. The summed E-state index contributed by atoms with van der Waals surface area (Å²) in [6.07, 6.45) is 3.15. The predicted molar refractivity (Wildman–Crippen MR) is 99.6 cm³/mol. The zero-order chi connectivity index (χ0) is 20.9. The molecule has 0 fully saturated rings. The number of nitrogens with zero attached hydrogens (tertiary/aromatic N) is 3. The zero-order valence-electron chi connectivity index (χ0n) is 15.2. The maximum atomic E-state index is 12.5. The minimum atomic E-state index is -3.85. The number of benzene rings is 1. The largest absolute Gasteiger partial charge is 0.502 e. The van der Waals surface area contributed by atoms with Crippen molar-refractivity contribution in [2.24, 2.45) is 5.16 Å². The average Bonchev–Trinajstić information content (AvgIpc) is 3.09. The standard InChI is InChI=1S/C16H17N3O7S2/c1-9-11(19-16(21)15(20)13(8-17-19)28(3,24)25)4-5-12(27(2,22)23)14(9)10-6-7-26-18-10/h4-5,8,20H,6-7H2,1-3H3. The minimum absolute atomic E-state index is 0.0167. The van der Waals surface area contributed by atoms with Gasteiger partial charge in [-0.25, -0.2) is 16.8 Å². The van der Waals surface area contributed by atoms with Gasteiger partial charge in [-0.1, -0.05) is 5.16 Å². The fourth-order valence-electron chi connectivity index (χ4n) is 2.93. The third-order valence-corrected chi connectivity index (χ3v) is 6.47. The summed E-state index contributed by atoms with van der Waals surface area (Å²) in [6.45, 7) is 1.88. The predicted octanol–water partition coefficient (Wildman–Crippen LogP) is 0.178. The number of aromatic nitrogens is 2. The van der Waals surface area contributed by atoms with Gasteiger partial charge in [0.05, 0.1) is 22.5 Å². The summed E-state index contributed by atoms with van der Waals surface area (Å²) in [5.41, 5.74) is 0.196. The third-order valence-electron chi connectivity index (χ3n) is 4.24. The van der Waals surface area contributed by atoms with Crippen LogP contribution in [0.5, 0.6) is 5.75 Å². The van der Waals surface area contributed by atoms with Crippen molar-refractivity contribution in [1.29, 1.82) is 0 Å². The van der Waals surface area contributed by atoms with Crippen LogP contribution in [0.25, 0.3) is 5.69 Å². The Kier molecular flexibility index (Phi) is 4.79. The van der Waals surface area contributed by atoms with Gasteiger partial charge in [0.25, 0.3) is 0 Å². The maximum absolute atomic E-state index is 12.5. The molecule has 1 aliphatic heterocycles. The second kappa shape index (κ2) is 6.71. The quantitative estimate of drug-likeness (QED) is 0.727. The fourth-order valence-corrected chi connectivity index (χ4v) is 4.56. The summed E-state index contributed by atoms with van der Waals surface area (Å²) in [5, 5.41) is 17.8. The Morgan fingerprint density at radius 3 is 2.29 bits per heavy atom. The summed E-state index contributed by atoms with van der Waals surface area (Å²) in [7, 11) is -7.46. The van der Waals surface area contributed by atoms with Gasteiger partial charge in [-0.05, 0) is 24.6 Å². The van der Waals surface area contributed by atoms with Crippen LogP contribution >= 0.6 is 0 Å². The van der Waals surface area contributed by atoms with E-state index in [9.17, 15) is 26.7 Å². The van der Waals surface area contributed by atoms with E-state index in [0.717, 1.165) is 23.4 Å². The molecule has 150 valence electrons. The van der Waals surface area contributed by atoms with Gasteiger partial charge >= 0.3 is 5.56 Å². The Balaban J connectivity index is 2.32. The highest BCUT2D eigenvalue weighted by atomic mass is 32.2. The van der Waals surface area contributed by atoms with Gasteiger partial charge < -0.3 is 9.94 Å². The molecule has 0 bridgehead atoms. The van der Waals surface area contributed by atoms with Crippen molar-refractivity contribution in [3.8, 4) is 11.4 Å². The first kappa shape index (κ1) is 20.0. The first-order chi connectivity index (χ1) is 12.9. The number of rotatable bonds is 4. The van der Waals surface area contributed by atoms with Crippen LogP contribution in [0.3, 0.4) is 0 Å². The number of aromatic hydroxyl groups is 1. The van der Waals surface area contributed by atoms with Crippen molar-refractivity contribution in [2.75, 3.05) is 19.1 Å². The molecule has 10 nitrogen and oxygen atoms in total. The molecular weight excluding hydrogens is 410 g/mol. The number of hydrogen-bond acceptors (Lipinski definition) is 9. The van der Waals surface area contributed by atoms with Gasteiger partial charge in [0.15, 0.2) is 19.7 Å². The molecular formula is C16H17N3O7S2. The second-order valence-electron chi connectivity index (χ2n) is 6.32. The normalized spacial score (nSPS) is 14.6. The van der Waals surface area contributed by atoms with Gasteiger partial charge in [0, 0.05) is 24.5 Å². The van der Waals surface area contributed by atoms with E-state index in [-0.39, 0.29) is 16.1 Å². The SMILES string of the molecule is Cc1c(-n2ncc(S(C)(=O)=O)c(O)c2=O)ccc(S(C)(=O)=O)c1C1=NOCC1. The number of oxime groups is 1. The van der Waals surface area contributed by atoms with Crippen LogP contribution in [0.15, 0.2) is 38.1 Å². The molecule has 0 saturated heterocycles. The second-order valence-corrected chi connectivity index (χ2v) is 10.3. The molecule has 1 aromatic heterocycles. The van der Waals surface area contributed by atoms with E-state index in [0.29, 0.717) is 24.3 Å². The van der Waals surface area contributed by atoms with Crippen molar-refractivity contribution < 1.29 is 26.8 Å². The summed E-state index contributed by atoms with van der Waals surface area (Å²) < 4.78 is 48.5. The molecule has 28 heavy (non-hydrogen) atoms. The van der Waals surface area contributed by atoms with E-state index in [2.05, 4.69) is 10.3 Å². The Labute approximate surface area is 160 Å². The number of sulfone groups is 2. The van der Waals surface area contributed by atoms with Crippen molar-refractivity contribution in [2.45, 2.75) is 23.1 Å². The highest BCUT2D eigenvalue weighted by Gasteiger charge is 2.26. The lowest BCUT2D eigenvalue weighted by atomic mass is 10.0. The van der Waals surface area contributed by atoms with Crippen LogP contribution in [-0.2, 0) is 24.5 Å². The van der Waals surface area contributed by atoms with Gasteiger partial charge in [0.1, 0.15) is 11.5 Å². The lowest BCUT2D eigenvalue weighted by molar-refractivity contribution is 0.174. The van der Waals surface area contributed by atoms with E-state index in [1.165, 1.54) is 12.1 Å². The van der Waals surface area contributed by atoms with Crippen LogP contribution in [0.4, 0.5) is 0 Å². The Morgan fingerprint density at radius 2 is 1.75 bits per heavy atom. The van der Waals surface area contributed by atoms with Crippen LogP contribution in [0, 0.1) is 6.92 Å². The van der Waals surface area contributed by atoms with Gasteiger partial charge in [-0.2, -0.15) is 9.78 Å². The third kappa shape index (κ3) is 3.40. The summed E-state index contributed by atoms with van der Waals surface area (Å²) in [4.78, 5) is 16.9. The van der Waals surface area contributed by atoms with Gasteiger partial charge in [-0.15, -0.1) is 0 Å². The monoisotopic (exact) mass is 427 g/mol. The van der Waals surface area contributed by atoms with Crippen LogP contribution in [0.1, 0.15) is 17.5 Å². The zero-order valence-corrected chi connectivity index (χ0v) is 16.8. The molecule has 0 amide bonds. The summed E-state index contributed by atoms with van der Waals surface area (Å²) >= 11 is 0. The molecule has 0 aliphatic carbocycles. The first-order valence-corrected chi connectivity index (χ1v) is 11.8. The average molecular weight is 427 g/mol. The smallest absolute Gasteiger partial charge is 0.314 e. The molecule has 12 heteroatoms. The lowest BCUT2D eigenvalue weighted by Crippen LogP contribution is -2.24. The Morgan fingerprint density at radius 1 is 1.11 bits per heavy atom. The van der Waals surface area contributed by atoms with Crippen molar-refractivity contribution in [3.63, 3.8) is 0 Å². The first-order valence-electron chi connectivity index (χ1n) is 7.97. The maximum Gasteiger partial charge on any atom is 0.314 e. The van der Waals surface area contributed by atoms with Crippen molar-refractivity contribution in [1.82, 2.24) is 9.78 Å². The molecule has 2 aromatic rings. The summed E-state index contributed by atoms with van der Waals surface area (Å²) in [5.74, 6) is -0.966. The van der Waals surface area contributed by atoms with Crippen LogP contribution in [-0.4, -0.2) is 56.6 Å². The molecule has 1 N–H and O–H groups in total. The highest BCUT2D eigenvalue weighted by Crippen LogP contribution is 2.28. The van der Waals surface area contributed by atoms with Crippen molar-refractivity contribution in [3.05, 3.63) is 39.8 Å². The van der Waals surface area contributed by atoms with E-state index in [1.807, 2.05) is 0 Å². The molecule has 1 aromatic carbocycles. The van der Waals surface area contributed by atoms with Crippen molar-refractivity contribution >= 4 is 25.4 Å². The van der Waals surface area contributed by atoms with E-state index in [4.69, 9.17) is 4.84 Å². The van der Waals surface area contributed by atoms with Gasteiger partial charge in [-0.3, -0.25) is 4.79 Å². The van der Waals surface area contributed by atoms with Crippen LogP contribution in [0.2, 0.25) is 0 Å². The highest BCUT2D eigenvalue weighted by molar-refractivity contribution is 7.91. The minimum Gasteiger partial charge on any atom is -0.502 e. The summed E-state index contributed by atoms with van der Waals surface area (Å²) in [6, 6.07) is 2.67. The molecule has 0 radical (unpaired) electrons. The van der Waals surface area contributed by atoms with E-state index in [1.54, 1.807) is 6.92 Å². The van der Waals surface area contributed by atoms with E-state index >= 15 is 0 Å². The van der Waals surface area contributed by atoms with E-state index < -0.39 is 35.9 Å². The Bertz CT molecular complexity index is 1280. The van der Waals surface area contributed by atoms with Gasteiger partial charge in [0.2, 0.25) is 5.75 Å². The number of hydrogen-bond donors (Lipinski definition) is 1. The lowest BCUT2D eigenvalue weighted by Gasteiger charge is -2.16. The molecule has 3 rings (SSSR count). The molecule has 0 spiro atoms. The fraction of sp³-hybridized carbons (Fsp3) is 0.312. The Hall–Kier alpha value is -2.73. The topological polar surface area (TPSA) is 145 Å². The van der Waals surface area contributed by atoms with Crippen LogP contribution < -0.4 is 5.56 Å². The molecule has 1 aliphatic rings. The molecule has 0 unspecified atom stereocenters.